The van der Waals surface area contributed by atoms with Crippen molar-refractivity contribution in [1.29, 1.82) is 0 Å². The molecule has 0 spiro atoms. The van der Waals surface area contributed by atoms with E-state index in [-0.39, 0.29) is 17.6 Å². The molecule has 114 valence electrons. The van der Waals surface area contributed by atoms with E-state index in [1.165, 1.54) is 6.07 Å². The molecule has 8 heteroatoms. The molecule has 1 fully saturated rings. The van der Waals surface area contributed by atoms with Gasteiger partial charge in [-0.2, -0.15) is 0 Å². The molecule has 1 N–H and O–H groups in total. The fourth-order valence-corrected chi connectivity index (χ4v) is 2.31. The van der Waals surface area contributed by atoms with Gasteiger partial charge in [-0.25, -0.2) is 4.98 Å². The summed E-state index contributed by atoms with van der Waals surface area (Å²) in [6.07, 6.45) is 1.54. The van der Waals surface area contributed by atoms with Crippen molar-refractivity contribution in [3.05, 3.63) is 28.4 Å². The summed E-state index contributed by atoms with van der Waals surface area (Å²) in [7, 11) is 1.75. The summed E-state index contributed by atoms with van der Waals surface area (Å²) in [5, 5.41) is 14.0. The van der Waals surface area contributed by atoms with Crippen LogP contribution in [0.1, 0.15) is 6.92 Å². The second kappa shape index (κ2) is 6.49. The van der Waals surface area contributed by atoms with Gasteiger partial charge in [0.15, 0.2) is 0 Å². The highest BCUT2D eigenvalue weighted by molar-refractivity contribution is 5.81. The van der Waals surface area contributed by atoms with Gasteiger partial charge in [-0.3, -0.25) is 14.9 Å². The van der Waals surface area contributed by atoms with Crippen LogP contribution in [-0.2, 0) is 4.79 Å². The molecule has 1 aliphatic heterocycles. The Labute approximate surface area is 122 Å². The third-order valence-electron chi connectivity index (χ3n) is 3.66. The number of hydrogen-bond donors (Lipinski definition) is 1. The first-order valence-electron chi connectivity index (χ1n) is 6.85. The number of anilines is 1. The van der Waals surface area contributed by atoms with Crippen molar-refractivity contribution in [2.24, 2.45) is 0 Å². The number of likely N-dealkylation sites (N-methyl/N-ethyl adjacent to an activating group) is 1. The molecule has 2 rings (SSSR count). The molecule has 1 saturated heterocycles. The lowest BCUT2D eigenvalue weighted by Crippen LogP contribution is -2.53. The first-order valence-corrected chi connectivity index (χ1v) is 6.85. The predicted molar refractivity (Wildman–Crippen MR) is 78.2 cm³/mol. The van der Waals surface area contributed by atoms with Crippen molar-refractivity contribution in [1.82, 2.24) is 15.2 Å². The van der Waals surface area contributed by atoms with Gasteiger partial charge in [0.05, 0.1) is 11.0 Å². The lowest BCUT2D eigenvalue weighted by atomic mass is 10.2. The van der Waals surface area contributed by atoms with Gasteiger partial charge in [-0.05, 0) is 20.0 Å². The molecular formula is C13H19N5O3. The number of nitrogens with one attached hydrogen (secondary N) is 1. The van der Waals surface area contributed by atoms with Crippen LogP contribution < -0.4 is 10.2 Å². The zero-order chi connectivity index (χ0) is 15.4. The van der Waals surface area contributed by atoms with Gasteiger partial charge in [0.25, 0.3) is 0 Å². The Kier molecular flexibility index (Phi) is 4.69. The molecule has 21 heavy (non-hydrogen) atoms. The third-order valence-corrected chi connectivity index (χ3v) is 3.66. The van der Waals surface area contributed by atoms with Crippen LogP contribution in [0, 0.1) is 10.1 Å². The predicted octanol–water partition coefficient (Wildman–Crippen LogP) is 0.246. The largest absolute Gasteiger partial charge is 0.347 e. The zero-order valence-corrected chi connectivity index (χ0v) is 12.2. The number of rotatable bonds is 4. The number of pyridine rings is 1. The fourth-order valence-electron chi connectivity index (χ4n) is 2.31. The van der Waals surface area contributed by atoms with Crippen LogP contribution in [0.15, 0.2) is 18.3 Å². The molecule has 0 radical (unpaired) electrons. The van der Waals surface area contributed by atoms with E-state index in [4.69, 9.17) is 0 Å². The quantitative estimate of drug-likeness (QED) is 0.632. The average molecular weight is 293 g/mol. The Hall–Kier alpha value is -2.22. The maximum Gasteiger partial charge on any atom is 0.311 e. The van der Waals surface area contributed by atoms with Crippen LogP contribution in [0.25, 0.3) is 0 Å². The molecule has 0 bridgehead atoms. The molecule has 0 aromatic carbocycles. The van der Waals surface area contributed by atoms with E-state index in [9.17, 15) is 14.9 Å². The smallest absolute Gasteiger partial charge is 0.311 e. The second-order valence-corrected chi connectivity index (χ2v) is 4.93. The van der Waals surface area contributed by atoms with Crippen LogP contribution in [0.2, 0.25) is 0 Å². The Morgan fingerprint density at radius 3 is 2.67 bits per heavy atom. The molecule has 0 aliphatic carbocycles. The molecule has 2 heterocycles. The van der Waals surface area contributed by atoms with E-state index in [1.807, 2.05) is 11.8 Å². The number of carbonyl (C=O) groups is 1. The lowest BCUT2D eigenvalue weighted by molar-refractivity contribution is -0.384. The first-order chi connectivity index (χ1) is 10.0. The van der Waals surface area contributed by atoms with Crippen molar-refractivity contribution in [2.45, 2.75) is 13.0 Å². The van der Waals surface area contributed by atoms with E-state index in [1.54, 1.807) is 24.2 Å². The molecule has 8 nitrogen and oxygen atoms in total. The summed E-state index contributed by atoms with van der Waals surface area (Å²) in [6.45, 7) is 3.98. The number of carbonyl (C=O) groups excluding carboxylic acids is 1. The molecule has 1 aromatic heterocycles. The van der Waals surface area contributed by atoms with Crippen LogP contribution in [0.3, 0.4) is 0 Å². The average Bonchev–Trinajstić information content (AvgIpc) is 2.53. The monoisotopic (exact) mass is 293 g/mol. The minimum atomic E-state index is -0.428. The zero-order valence-electron chi connectivity index (χ0n) is 12.2. The van der Waals surface area contributed by atoms with E-state index in [2.05, 4.69) is 10.3 Å². The van der Waals surface area contributed by atoms with Gasteiger partial charge in [-0.15, -0.1) is 0 Å². The lowest BCUT2D eigenvalue weighted by Gasteiger charge is -2.36. The summed E-state index contributed by atoms with van der Waals surface area (Å²) in [4.78, 5) is 30.4. The van der Waals surface area contributed by atoms with Crippen LogP contribution >= 0.6 is 0 Å². The van der Waals surface area contributed by atoms with Gasteiger partial charge in [-0.1, -0.05) is 0 Å². The van der Waals surface area contributed by atoms with E-state index in [0.29, 0.717) is 32.0 Å². The van der Waals surface area contributed by atoms with Crippen molar-refractivity contribution >= 4 is 17.4 Å². The summed E-state index contributed by atoms with van der Waals surface area (Å²) in [5.41, 5.74) is 0.000805. The van der Waals surface area contributed by atoms with Gasteiger partial charge in [0.1, 0.15) is 0 Å². The highest BCUT2D eigenvalue weighted by atomic mass is 16.6. The Morgan fingerprint density at radius 2 is 2.10 bits per heavy atom. The third kappa shape index (κ3) is 3.27. The number of amides is 1. The normalized spacial score (nSPS) is 16.7. The van der Waals surface area contributed by atoms with Gasteiger partial charge < -0.3 is 15.1 Å². The van der Waals surface area contributed by atoms with Crippen molar-refractivity contribution in [3.8, 4) is 0 Å². The number of nitro groups is 1. The van der Waals surface area contributed by atoms with E-state index in [0.717, 1.165) is 0 Å². The molecule has 1 aliphatic rings. The highest BCUT2D eigenvalue weighted by Gasteiger charge is 2.27. The summed E-state index contributed by atoms with van der Waals surface area (Å²) < 4.78 is 0. The Bertz CT molecular complexity index is 528. The molecule has 1 atom stereocenters. The number of aromatic nitrogens is 1. The van der Waals surface area contributed by atoms with Crippen LogP contribution in [0.4, 0.5) is 11.5 Å². The second-order valence-electron chi connectivity index (χ2n) is 4.93. The maximum absolute atomic E-state index is 12.1. The Morgan fingerprint density at radius 1 is 1.43 bits per heavy atom. The summed E-state index contributed by atoms with van der Waals surface area (Å²) in [5.74, 6) is 0.420. The minimum Gasteiger partial charge on any atom is -0.347 e. The van der Waals surface area contributed by atoms with Crippen LogP contribution in [-0.4, -0.2) is 60.0 Å². The molecule has 1 unspecified atom stereocenters. The molecule has 1 amide bonds. The van der Waals surface area contributed by atoms with E-state index < -0.39 is 4.92 Å². The number of nitrogens with zero attached hydrogens (tertiary/aromatic N) is 4. The number of hydrogen-bond acceptors (Lipinski definition) is 6. The highest BCUT2D eigenvalue weighted by Crippen LogP contribution is 2.25. The number of piperazine rings is 1. The molecule has 1 aromatic rings. The molecular weight excluding hydrogens is 274 g/mol. The van der Waals surface area contributed by atoms with Crippen molar-refractivity contribution < 1.29 is 9.72 Å². The van der Waals surface area contributed by atoms with E-state index >= 15 is 0 Å². The standard InChI is InChI=1S/C13H19N5O3/c1-10(14-2)13(19)17-8-6-16(7-9-17)12-11(18(20)21)4-3-5-15-12/h3-5,10,14H,6-9H2,1-2H3. The summed E-state index contributed by atoms with van der Waals surface area (Å²) >= 11 is 0. The first kappa shape index (κ1) is 15.2. The SMILES string of the molecule is CNC(C)C(=O)N1CCN(c2ncccc2[N+](=O)[O-])CC1. The molecule has 0 saturated carbocycles. The Balaban J connectivity index is 2.05. The van der Waals surface area contributed by atoms with Crippen molar-refractivity contribution in [2.75, 3.05) is 38.1 Å². The van der Waals surface area contributed by atoms with Gasteiger partial charge in [0.2, 0.25) is 11.7 Å². The maximum atomic E-state index is 12.1. The summed E-state index contributed by atoms with van der Waals surface area (Å²) in [6, 6.07) is 2.78. The van der Waals surface area contributed by atoms with Crippen LogP contribution in [0.5, 0.6) is 0 Å². The fraction of sp³-hybridized carbons (Fsp3) is 0.538. The van der Waals surface area contributed by atoms with Gasteiger partial charge in [0, 0.05) is 38.4 Å². The van der Waals surface area contributed by atoms with Gasteiger partial charge >= 0.3 is 5.69 Å². The van der Waals surface area contributed by atoms with Crippen molar-refractivity contribution in [3.63, 3.8) is 0 Å². The topological polar surface area (TPSA) is 91.6 Å². The minimum absolute atomic E-state index is 0.000805.